The predicted molar refractivity (Wildman–Crippen MR) is 125 cm³/mol. The SMILES string of the molecule is COc1cc(/C=C(/C#N)C(=O)Nc2ccc(F)cc2)ccc1OCc1ccc(I)cc1. The van der Waals surface area contributed by atoms with Crippen LogP contribution >= 0.6 is 22.6 Å². The van der Waals surface area contributed by atoms with Crippen molar-refractivity contribution in [2.75, 3.05) is 12.4 Å². The molecule has 31 heavy (non-hydrogen) atoms. The van der Waals surface area contributed by atoms with Crippen molar-refractivity contribution in [2.24, 2.45) is 0 Å². The molecule has 3 aromatic carbocycles. The maximum absolute atomic E-state index is 13.0. The Labute approximate surface area is 193 Å². The zero-order chi connectivity index (χ0) is 22.2. The molecule has 0 unspecified atom stereocenters. The molecule has 0 aliphatic heterocycles. The van der Waals surface area contributed by atoms with E-state index in [1.165, 1.54) is 37.5 Å². The lowest BCUT2D eigenvalue weighted by Gasteiger charge is -2.12. The van der Waals surface area contributed by atoms with Gasteiger partial charge in [-0.3, -0.25) is 4.79 Å². The first-order valence-electron chi connectivity index (χ1n) is 9.22. The maximum atomic E-state index is 13.0. The Bertz CT molecular complexity index is 1140. The van der Waals surface area contributed by atoms with Crippen LogP contribution in [0.15, 0.2) is 72.3 Å². The van der Waals surface area contributed by atoms with Crippen LogP contribution in [-0.2, 0) is 11.4 Å². The fourth-order valence-corrected chi connectivity index (χ4v) is 3.04. The second kappa shape index (κ2) is 10.6. The summed E-state index contributed by atoms with van der Waals surface area (Å²) in [5, 5.41) is 12.0. The summed E-state index contributed by atoms with van der Waals surface area (Å²) in [5.41, 5.74) is 1.92. The number of halogens is 2. The van der Waals surface area contributed by atoms with E-state index in [0.717, 1.165) is 9.13 Å². The zero-order valence-electron chi connectivity index (χ0n) is 16.6. The Morgan fingerprint density at radius 1 is 1.10 bits per heavy atom. The molecule has 0 bridgehead atoms. The molecule has 0 spiro atoms. The van der Waals surface area contributed by atoms with Gasteiger partial charge in [0.25, 0.3) is 5.91 Å². The number of nitrogens with one attached hydrogen (secondary N) is 1. The highest BCUT2D eigenvalue weighted by atomic mass is 127. The van der Waals surface area contributed by atoms with Crippen LogP contribution in [0.3, 0.4) is 0 Å². The van der Waals surface area contributed by atoms with E-state index in [0.29, 0.717) is 29.4 Å². The Hall–Kier alpha value is -3.38. The van der Waals surface area contributed by atoms with Gasteiger partial charge in [0.15, 0.2) is 11.5 Å². The molecule has 0 aliphatic carbocycles. The number of carbonyl (C=O) groups is 1. The average molecular weight is 528 g/mol. The van der Waals surface area contributed by atoms with Gasteiger partial charge in [0, 0.05) is 9.26 Å². The lowest BCUT2D eigenvalue weighted by Crippen LogP contribution is -2.13. The molecule has 0 saturated heterocycles. The second-order valence-corrected chi connectivity index (χ2v) is 7.70. The number of carbonyl (C=O) groups excluding carboxylic acids is 1. The van der Waals surface area contributed by atoms with Gasteiger partial charge in [0.2, 0.25) is 0 Å². The van der Waals surface area contributed by atoms with Crippen LogP contribution in [0.4, 0.5) is 10.1 Å². The number of hydrogen-bond donors (Lipinski definition) is 1. The van der Waals surface area contributed by atoms with Crippen LogP contribution in [0.1, 0.15) is 11.1 Å². The molecule has 0 aliphatic rings. The number of nitriles is 1. The molecular formula is C24H18FIN2O3. The fourth-order valence-electron chi connectivity index (χ4n) is 2.68. The molecule has 0 heterocycles. The zero-order valence-corrected chi connectivity index (χ0v) is 18.7. The third-order valence-electron chi connectivity index (χ3n) is 4.27. The molecule has 3 aromatic rings. The number of ether oxygens (including phenoxy) is 2. The van der Waals surface area contributed by atoms with E-state index in [1.807, 2.05) is 30.3 Å². The van der Waals surface area contributed by atoms with Crippen LogP contribution in [0.2, 0.25) is 0 Å². The van der Waals surface area contributed by atoms with Crippen molar-refractivity contribution in [3.05, 3.63) is 92.8 Å². The third-order valence-corrected chi connectivity index (χ3v) is 4.99. The van der Waals surface area contributed by atoms with E-state index >= 15 is 0 Å². The van der Waals surface area contributed by atoms with E-state index < -0.39 is 11.7 Å². The van der Waals surface area contributed by atoms with Gasteiger partial charge in [-0.15, -0.1) is 0 Å². The van der Waals surface area contributed by atoms with Gasteiger partial charge in [-0.25, -0.2) is 4.39 Å². The maximum Gasteiger partial charge on any atom is 0.266 e. The number of benzene rings is 3. The summed E-state index contributed by atoms with van der Waals surface area (Å²) < 4.78 is 25.4. The number of amides is 1. The van der Waals surface area contributed by atoms with Crippen LogP contribution < -0.4 is 14.8 Å². The van der Waals surface area contributed by atoms with E-state index in [9.17, 15) is 14.4 Å². The Morgan fingerprint density at radius 3 is 2.45 bits per heavy atom. The van der Waals surface area contributed by atoms with Crippen molar-refractivity contribution < 1.29 is 18.7 Å². The van der Waals surface area contributed by atoms with Gasteiger partial charge in [0.1, 0.15) is 24.1 Å². The van der Waals surface area contributed by atoms with Crippen LogP contribution in [0.25, 0.3) is 6.08 Å². The number of methoxy groups -OCH3 is 1. The number of hydrogen-bond acceptors (Lipinski definition) is 4. The summed E-state index contributed by atoms with van der Waals surface area (Å²) in [6.07, 6.45) is 1.45. The third kappa shape index (κ3) is 6.30. The van der Waals surface area contributed by atoms with Crippen molar-refractivity contribution in [1.82, 2.24) is 0 Å². The molecule has 5 nitrogen and oxygen atoms in total. The molecule has 0 radical (unpaired) electrons. The molecule has 1 amide bonds. The molecule has 3 rings (SSSR count). The van der Waals surface area contributed by atoms with Gasteiger partial charge >= 0.3 is 0 Å². The molecule has 7 heteroatoms. The smallest absolute Gasteiger partial charge is 0.266 e. The summed E-state index contributed by atoms with van der Waals surface area (Å²) in [6.45, 7) is 0.381. The van der Waals surface area contributed by atoms with Gasteiger partial charge in [0.05, 0.1) is 7.11 Å². The first-order chi connectivity index (χ1) is 15.0. The Morgan fingerprint density at radius 2 is 1.81 bits per heavy atom. The highest BCUT2D eigenvalue weighted by Gasteiger charge is 2.11. The highest BCUT2D eigenvalue weighted by molar-refractivity contribution is 14.1. The number of anilines is 1. The normalized spacial score (nSPS) is 10.8. The van der Waals surface area contributed by atoms with Crippen LogP contribution in [-0.4, -0.2) is 13.0 Å². The Kier molecular flexibility index (Phi) is 7.62. The number of rotatable bonds is 7. The molecular weight excluding hydrogens is 510 g/mol. The molecule has 0 fully saturated rings. The second-order valence-electron chi connectivity index (χ2n) is 6.46. The van der Waals surface area contributed by atoms with Crippen molar-refractivity contribution in [1.29, 1.82) is 5.26 Å². The minimum absolute atomic E-state index is 0.0982. The van der Waals surface area contributed by atoms with Gasteiger partial charge < -0.3 is 14.8 Å². The minimum Gasteiger partial charge on any atom is -0.493 e. The standard InChI is InChI=1S/C24H18FIN2O3/c1-30-23-13-17(4-11-22(23)31-15-16-2-7-20(26)8-3-16)12-18(14-27)24(29)28-21-9-5-19(25)6-10-21/h2-13H,15H2,1H3,(H,28,29)/b18-12-. The fraction of sp³-hybridized carbons (Fsp3) is 0.0833. The lowest BCUT2D eigenvalue weighted by molar-refractivity contribution is -0.112. The molecule has 1 N–H and O–H groups in total. The van der Waals surface area contributed by atoms with Crippen molar-refractivity contribution in [3.63, 3.8) is 0 Å². The highest BCUT2D eigenvalue weighted by Crippen LogP contribution is 2.30. The van der Waals surface area contributed by atoms with E-state index in [1.54, 1.807) is 18.2 Å². The van der Waals surface area contributed by atoms with E-state index in [2.05, 4.69) is 27.9 Å². The summed E-state index contributed by atoms with van der Waals surface area (Å²) in [5.74, 6) is 0.0283. The van der Waals surface area contributed by atoms with Crippen molar-refractivity contribution in [3.8, 4) is 17.6 Å². The minimum atomic E-state index is -0.591. The van der Waals surface area contributed by atoms with Crippen molar-refractivity contribution in [2.45, 2.75) is 6.61 Å². The lowest BCUT2D eigenvalue weighted by atomic mass is 10.1. The topological polar surface area (TPSA) is 71.3 Å². The molecule has 0 atom stereocenters. The quantitative estimate of drug-likeness (QED) is 0.248. The van der Waals surface area contributed by atoms with Gasteiger partial charge in [-0.2, -0.15) is 5.26 Å². The van der Waals surface area contributed by atoms with E-state index in [-0.39, 0.29) is 5.57 Å². The summed E-state index contributed by atoms with van der Waals surface area (Å²) in [6, 6.07) is 20.3. The molecule has 156 valence electrons. The summed E-state index contributed by atoms with van der Waals surface area (Å²) in [4.78, 5) is 12.4. The first kappa shape index (κ1) is 22.3. The van der Waals surface area contributed by atoms with Gasteiger partial charge in [-0.1, -0.05) is 18.2 Å². The van der Waals surface area contributed by atoms with Gasteiger partial charge in [-0.05, 0) is 88.3 Å². The molecule has 0 saturated carbocycles. The Balaban J connectivity index is 1.74. The number of nitrogens with zero attached hydrogens (tertiary/aromatic N) is 1. The predicted octanol–water partition coefficient (Wildman–Crippen LogP) is 5.56. The molecule has 0 aromatic heterocycles. The first-order valence-corrected chi connectivity index (χ1v) is 10.3. The van der Waals surface area contributed by atoms with Crippen molar-refractivity contribution >= 4 is 40.3 Å². The van der Waals surface area contributed by atoms with Crippen LogP contribution in [0, 0.1) is 20.7 Å². The summed E-state index contributed by atoms with van der Waals surface area (Å²) in [7, 11) is 1.52. The monoisotopic (exact) mass is 528 g/mol. The van der Waals surface area contributed by atoms with E-state index in [4.69, 9.17) is 9.47 Å². The summed E-state index contributed by atoms with van der Waals surface area (Å²) >= 11 is 2.24. The van der Waals surface area contributed by atoms with Crippen LogP contribution in [0.5, 0.6) is 11.5 Å². The largest absolute Gasteiger partial charge is 0.493 e. The average Bonchev–Trinajstić information content (AvgIpc) is 2.78.